The van der Waals surface area contributed by atoms with Crippen molar-refractivity contribution in [3.8, 4) is 0 Å². The summed E-state index contributed by atoms with van der Waals surface area (Å²) in [5, 5.41) is 10.4. The van der Waals surface area contributed by atoms with E-state index in [0.29, 0.717) is 17.8 Å². The van der Waals surface area contributed by atoms with Crippen LogP contribution in [0.1, 0.15) is 46.5 Å². The van der Waals surface area contributed by atoms with Crippen LogP contribution in [0.15, 0.2) is 23.8 Å². The molecule has 0 saturated heterocycles. The van der Waals surface area contributed by atoms with Gasteiger partial charge < -0.3 is 5.11 Å². The van der Waals surface area contributed by atoms with Crippen molar-refractivity contribution in [3.63, 3.8) is 0 Å². The molecule has 0 aromatic heterocycles. The van der Waals surface area contributed by atoms with Crippen LogP contribution in [0.2, 0.25) is 0 Å². The minimum Gasteiger partial charge on any atom is -0.390 e. The summed E-state index contributed by atoms with van der Waals surface area (Å²) in [6, 6.07) is 0. The van der Waals surface area contributed by atoms with E-state index in [1.54, 1.807) is 0 Å². The molecule has 0 aromatic rings. The van der Waals surface area contributed by atoms with Crippen LogP contribution in [0, 0.1) is 17.8 Å². The van der Waals surface area contributed by atoms with Gasteiger partial charge in [0, 0.05) is 5.92 Å². The van der Waals surface area contributed by atoms with Gasteiger partial charge >= 0.3 is 0 Å². The van der Waals surface area contributed by atoms with E-state index < -0.39 is 5.60 Å². The average molecular weight is 220 g/mol. The molecule has 1 nitrogen and oxygen atoms in total. The fraction of sp³-hybridized carbons (Fsp3) is 0.733. The highest BCUT2D eigenvalue weighted by Crippen LogP contribution is 2.47. The third-order valence-corrected chi connectivity index (χ3v) is 4.76. The molecule has 4 atom stereocenters. The largest absolute Gasteiger partial charge is 0.390 e. The Balaban J connectivity index is 2.35. The first-order valence-electron chi connectivity index (χ1n) is 6.50. The van der Waals surface area contributed by atoms with Crippen molar-refractivity contribution in [2.75, 3.05) is 0 Å². The van der Waals surface area contributed by atoms with Gasteiger partial charge in [0.15, 0.2) is 0 Å². The lowest BCUT2D eigenvalue weighted by atomic mass is 9.76. The molecule has 2 rings (SSSR count). The number of aliphatic hydroxyl groups is 1. The third-order valence-electron chi connectivity index (χ3n) is 4.76. The van der Waals surface area contributed by atoms with Crippen LogP contribution in [0.25, 0.3) is 0 Å². The summed E-state index contributed by atoms with van der Waals surface area (Å²) in [6.45, 7) is 10.7. The standard InChI is InChI=1S/C15H24O/c1-10-5-6-11(2)13-7-8-15(4,16)14(13)9-12(10)3/h9-10,13-14,16H,2,5-8H2,1,3-4H3/b12-9-/t10-,13-,14-,15-/m1/s1. The predicted octanol–water partition coefficient (Wildman–Crippen LogP) is 3.70. The molecule has 0 radical (unpaired) electrons. The van der Waals surface area contributed by atoms with Gasteiger partial charge in [-0.05, 0) is 51.4 Å². The number of rotatable bonds is 0. The molecule has 90 valence electrons. The molecule has 1 fully saturated rings. The van der Waals surface area contributed by atoms with Crippen molar-refractivity contribution in [2.45, 2.75) is 52.1 Å². The van der Waals surface area contributed by atoms with Gasteiger partial charge in [0.05, 0.1) is 5.60 Å². The lowest BCUT2D eigenvalue weighted by Gasteiger charge is -2.31. The van der Waals surface area contributed by atoms with Gasteiger partial charge in [-0.25, -0.2) is 0 Å². The van der Waals surface area contributed by atoms with E-state index >= 15 is 0 Å². The van der Waals surface area contributed by atoms with Gasteiger partial charge in [0.25, 0.3) is 0 Å². The number of fused-ring (bicyclic) bond motifs is 1. The molecule has 1 N–H and O–H groups in total. The van der Waals surface area contributed by atoms with Crippen LogP contribution in [0.3, 0.4) is 0 Å². The SMILES string of the molecule is C=C1CC[C@@H](C)/C(C)=C\[C@@H]2[C@@H]1CC[C@@]2(C)O. The maximum Gasteiger partial charge on any atom is 0.0688 e. The second-order valence-corrected chi connectivity index (χ2v) is 6.04. The summed E-state index contributed by atoms with van der Waals surface area (Å²) >= 11 is 0. The highest BCUT2D eigenvalue weighted by Gasteiger charge is 2.44. The van der Waals surface area contributed by atoms with Gasteiger partial charge in [-0.2, -0.15) is 0 Å². The van der Waals surface area contributed by atoms with Crippen LogP contribution < -0.4 is 0 Å². The molecule has 0 aliphatic heterocycles. The van der Waals surface area contributed by atoms with E-state index in [2.05, 4.69) is 26.5 Å². The Kier molecular flexibility index (Phi) is 3.00. The summed E-state index contributed by atoms with van der Waals surface area (Å²) in [5.41, 5.74) is 2.29. The van der Waals surface area contributed by atoms with Crippen molar-refractivity contribution in [1.29, 1.82) is 0 Å². The number of hydrogen-bond acceptors (Lipinski definition) is 1. The van der Waals surface area contributed by atoms with Crippen molar-refractivity contribution >= 4 is 0 Å². The Morgan fingerprint density at radius 2 is 2.12 bits per heavy atom. The zero-order valence-electron chi connectivity index (χ0n) is 10.8. The summed E-state index contributed by atoms with van der Waals surface area (Å²) < 4.78 is 0. The second-order valence-electron chi connectivity index (χ2n) is 6.04. The average Bonchev–Trinajstić information content (AvgIpc) is 2.49. The van der Waals surface area contributed by atoms with Crippen LogP contribution in [-0.2, 0) is 0 Å². The van der Waals surface area contributed by atoms with E-state index in [0.717, 1.165) is 19.3 Å². The molecule has 1 heteroatoms. The molecule has 0 unspecified atom stereocenters. The zero-order valence-corrected chi connectivity index (χ0v) is 10.8. The molecular weight excluding hydrogens is 196 g/mol. The van der Waals surface area contributed by atoms with E-state index in [9.17, 15) is 5.11 Å². The summed E-state index contributed by atoms with van der Waals surface area (Å²) in [5.74, 6) is 1.44. The summed E-state index contributed by atoms with van der Waals surface area (Å²) in [7, 11) is 0. The monoisotopic (exact) mass is 220 g/mol. The lowest BCUT2D eigenvalue weighted by Crippen LogP contribution is -2.32. The van der Waals surface area contributed by atoms with Crippen LogP contribution in [0.4, 0.5) is 0 Å². The minimum absolute atomic E-state index is 0.294. The molecule has 0 heterocycles. The molecule has 0 aromatic carbocycles. The van der Waals surface area contributed by atoms with Crippen molar-refractivity contribution in [3.05, 3.63) is 23.8 Å². The molecule has 1 saturated carbocycles. The number of hydrogen-bond donors (Lipinski definition) is 1. The maximum absolute atomic E-state index is 10.4. The van der Waals surface area contributed by atoms with Gasteiger partial charge in [-0.15, -0.1) is 0 Å². The van der Waals surface area contributed by atoms with Crippen LogP contribution in [0.5, 0.6) is 0 Å². The maximum atomic E-state index is 10.4. The first-order chi connectivity index (χ1) is 7.42. The highest BCUT2D eigenvalue weighted by atomic mass is 16.3. The third kappa shape index (κ3) is 1.98. The normalized spacial score (nSPS) is 47.9. The quantitative estimate of drug-likeness (QED) is 0.617. The Hall–Kier alpha value is -0.560. The highest BCUT2D eigenvalue weighted by molar-refractivity contribution is 5.21. The van der Waals surface area contributed by atoms with Crippen LogP contribution >= 0.6 is 0 Å². The Morgan fingerprint density at radius 3 is 2.81 bits per heavy atom. The van der Waals surface area contributed by atoms with Gasteiger partial charge in [0.1, 0.15) is 0 Å². The number of allylic oxidation sites excluding steroid dienone is 2. The molecule has 2 aliphatic carbocycles. The minimum atomic E-state index is -0.522. The fourth-order valence-electron chi connectivity index (χ4n) is 3.24. The Morgan fingerprint density at radius 1 is 1.44 bits per heavy atom. The molecule has 2 aliphatic rings. The van der Waals surface area contributed by atoms with E-state index in [4.69, 9.17) is 0 Å². The van der Waals surface area contributed by atoms with Gasteiger partial charge in [0.2, 0.25) is 0 Å². The predicted molar refractivity (Wildman–Crippen MR) is 68.1 cm³/mol. The molecule has 16 heavy (non-hydrogen) atoms. The summed E-state index contributed by atoms with van der Waals surface area (Å²) in [4.78, 5) is 0. The van der Waals surface area contributed by atoms with Gasteiger partial charge in [-0.1, -0.05) is 30.7 Å². The van der Waals surface area contributed by atoms with Crippen molar-refractivity contribution in [2.24, 2.45) is 17.8 Å². The van der Waals surface area contributed by atoms with Crippen molar-refractivity contribution < 1.29 is 5.11 Å². The van der Waals surface area contributed by atoms with Crippen LogP contribution in [-0.4, -0.2) is 10.7 Å². The zero-order chi connectivity index (χ0) is 11.9. The molecule has 0 spiro atoms. The van der Waals surface area contributed by atoms with Crippen molar-refractivity contribution in [1.82, 2.24) is 0 Å². The van der Waals surface area contributed by atoms with E-state index in [-0.39, 0.29) is 0 Å². The fourth-order valence-corrected chi connectivity index (χ4v) is 3.24. The lowest BCUT2D eigenvalue weighted by molar-refractivity contribution is 0.0320. The van der Waals surface area contributed by atoms with E-state index in [1.165, 1.54) is 17.6 Å². The topological polar surface area (TPSA) is 20.2 Å². The first-order valence-corrected chi connectivity index (χ1v) is 6.50. The Bertz CT molecular complexity index is 324. The first kappa shape index (κ1) is 11.9. The smallest absolute Gasteiger partial charge is 0.0688 e. The summed E-state index contributed by atoms with van der Waals surface area (Å²) in [6.07, 6.45) is 6.69. The molecule has 0 amide bonds. The Labute approximate surface area is 99.3 Å². The van der Waals surface area contributed by atoms with Gasteiger partial charge in [-0.3, -0.25) is 0 Å². The van der Waals surface area contributed by atoms with E-state index in [1.807, 2.05) is 6.92 Å². The molecular formula is C15H24O. The second kappa shape index (κ2) is 4.03. The molecule has 0 bridgehead atoms.